The minimum absolute atomic E-state index is 0.529. The molecule has 0 N–H and O–H groups in total. The summed E-state index contributed by atoms with van der Waals surface area (Å²) >= 11 is 0. The maximum absolute atomic E-state index is 10.7. The van der Waals surface area contributed by atoms with E-state index >= 15 is 0 Å². The van der Waals surface area contributed by atoms with Crippen LogP contribution < -0.4 is 4.74 Å². The topological polar surface area (TPSA) is 44.1 Å². The standard InChI is InChI=1S/C11H10N2O2/c1-13-7-10(6-12-13)15-11-5-3-2-4-9(11)8-14/h2-8H,1H3. The Bertz CT molecular complexity index is 477. The maximum Gasteiger partial charge on any atom is 0.165 e. The van der Waals surface area contributed by atoms with E-state index in [1.807, 2.05) is 6.07 Å². The van der Waals surface area contributed by atoms with Crippen LogP contribution in [-0.4, -0.2) is 16.1 Å². The number of benzene rings is 1. The first-order valence-corrected chi connectivity index (χ1v) is 4.50. The Morgan fingerprint density at radius 3 is 2.87 bits per heavy atom. The van der Waals surface area contributed by atoms with E-state index in [9.17, 15) is 4.79 Å². The third-order valence-corrected chi connectivity index (χ3v) is 1.95. The second-order valence-corrected chi connectivity index (χ2v) is 3.11. The van der Waals surface area contributed by atoms with Crippen LogP contribution in [0, 0.1) is 0 Å². The SMILES string of the molecule is Cn1cc(Oc2ccccc2C=O)cn1. The largest absolute Gasteiger partial charge is 0.453 e. The van der Waals surface area contributed by atoms with E-state index in [1.165, 1.54) is 0 Å². The summed E-state index contributed by atoms with van der Waals surface area (Å²) in [5.74, 6) is 1.16. The summed E-state index contributed by atoms with van der Waals surface area (Å²) in [4.78, 5) is 10.7. The van der Waals surface area contributed by atoms with Crippen LogP contribution in [0.25, 0.3) is 0 Å². The van der Waals surface area contributed by atoms with Crippen molar-refractivity contribution < 1.29 is 9.53 Å². The van der Waals surface area contributed by atoms with E-state index in [0.717, 1.165) is 6.29 Å². The molecule has 0 bridgehead atoms. The Labute approximate surface area is 87.1 Å². The van der Waals surface area contributed by atoms with Gasteiger partial charge in [0.2, 0.25) is 0 Å². The lowest BCUT2D eigenvalue weighted by molar-refractivity contribution is 0.112. The number of carbonyl (C=O) groups excluding carboxylic acids is 1. The first-order valence-electron chi connectivity index (χ1n) is 4.50. The van der Waals surface area contributed by atoms with Crippen molar-refractivity contribution >= 4 is 6.29 Å². The van der Waals surface area contributed by atoms with Crippen molar-refractivity contribution in [3.8, 4) is 11.5 Å². The fourth-order valence-electron chi connectivity index (χ4n) is 1.25. The summed E-state index contributed by atoms with van der Waals surface area (Å²) in [6.45, 7) is 0. The van der Waals surface area contributed by atoms with Gasteiger partial charge in [-0.1, -0.05) is 12.1 Å². The third-order valence-electron chi connectivity index (χ3n) is 1.95. The number of rotatable bonds is 3. The lowest BCUT2D eigenvalue weighted by atomic mass is 10.2. The summed E-state index contributed by atoms with van der Waals surface area (Å²) in [6.07, 6.45) is 4.11. The van der Waals surface area contributed by atoms with Crippen molar-refractivity contribution in [2.75, 3.05) is 0 Å². The summed E-state index contributed by atoms with van der Waals surface area (Å²) in [7, 11) is 1.80. The van der Waals surface area contributed by atoms with Gasteiger partial charge in [-0.3, -0.25) is 9.48 Å². The zero-order chi connectivity index (χ0) is 10.7. The minimum Gasteiger partial charge on any atom is -0.453 e. The maximum atomic E-state index is 10.7. The van der Waals surface area contributed by atoms with Gasteiger partial charge >= 0.3 is 0 Å². The van der Waals surface area contributed by atoms with Crippen LogP contribution in [0.15, 0.2) is 36.7 Å². The van der Waals surface area contributed by atoms with Gasteiger partial charge in [-0.05, 0) is 12.1 Å². The van der Waals surface area contributed by atoms with Gasteiger partial charge < -0.3 is 4.74 Å². The molecule has 4 nitrogen and oxygen atoms in total. The molecule has 0 unspecified atom stereocenters. The van der Waals surface area contributed by atoms with Crippen LogP contribution in [0.3, 0.4) is 0 Å². The highest BCUT2D eigenvalue weighted by atomic mass is 16.5. The van der Waals surface area contributed by atoms with Crippen LogP contribution in [0.4, 0.5) is 0 Å². The summed E-state index contributed by atoms with van der Waals surface area (Å²) in [6, 6.07) is 7.06. The first kappa shape index (κ1) is 9.45. The number of para-hydroxylation sites is 1. The van der Waals surface area contributed by atoms with E-state index in [1.54, 1.807) is 42.3 Å². The Kier molecular flexibility index (Phi) is 2.49. The number of hydrogen-bond acceptors (Lipinski definition) is 3. The van der Waals surface area contributed by atoms with Crippen LogP contribution in [0.1, 0.15) is 10.4 Å². The van der Waals surface area contributed by atoms with Crippen molar-refractivity contribution in [1.29, 1.82) is 0 Å². The highest BCUT2D eigenvalue weighted by Gasteiger charge is 2.03. The highest BCUT2D eigenvalue weighted by molar-refractivity contribution is 5.79. The van der Waals surface area contributed by atoms with Crippen molar-refractivity contribution in [2.24, 2.45) is 7.05 Å². The molecule has 1 aromatic carbocycles. The van der Waals surface area contributed by atoms with Crippen LogP contribution >= 0.6 is 0 Å². The fraction of sp³-hybridized carbons (Fsp3) is 0.0909. The number of aromatic nitrogens is 2. The second kappa shape index (κ2) is 3.96. The summed E-state index contributed by atoms with van der Waals surface area (Å²) < 4.78 is 7.14. The predicted molar refractivity (Wildman–Crippen MR) is 55.1 cm³/mol. The molecule has 1 heterocycles. The second-order valence-electron chi connectivity index (χ2n) is 3.11. The number of ether oxygens (including phenoxy) is 1. The van der Waals surface area contributed by atoms with Crippen molar-refractivity contribution in [3.05, 3.63) is 42.2 Å². The number of hydrogen-bond donors (Lipinski definition) is 0. The zero-order valence-corrected chi connectivity index (χ0v) is 8.25. The molecule has 0 saturated heterocycles. The average molecular weight is 202 g/mol. The number of aryl methyl sites for hydroxylation is 1. The smallest absolute Gasteiger partial charge is 0.165 e. The van der Waals surface area contributed by atoms with Gasteiger partial charge in [0.15, 0.2) is 12.0 Å². The molecule has 0 aliphatic carbocycles. The van der Waals surface area contributed by atoms with Crippen molar-refractivity contribution in [1.82, 2.24) is 9.78 Å². The molecule has 76 valence electrons. The Hall–Kier alpha value is -2.10. The van der Waals surface area contributed by atoms with Crippen molar-refractivity contribution in [3.63, 3.8) is 0 Å². The molecule has 0 aliphatic rings. The van der Waals surface area contributed by atoms with E-state index in [4.69, 9.17) is 4.74 Å². The molecular weight excluding hydrogens is 192 g/mol. The first-order chi connectivity index (χ1) is 7.29. The van der Waals surface area contributed by atoms with E-state index < -0.39 is 0 Å². The van der Waals surface area contributed by atoms with Gasteiger partial charge in [-0.15, -0.1) is 0 Å². The normalized spacial score (nSPS) is 9.93. The molecule has 0 saturated carbocycles. The summed E-state index contributed by atoms with van der Waals surface area (Å²) in [5, 5.41) is 3.97. The quantitative estimate of drug-likeness (QED) is 0.715. The molecule has 0 atom stereocenters. The third kappa shape index (κ3) is 2.04. The van der Waals surface area contributed by atoms with Gasteiger partial charge in [0.25, 0.3) is 0 Å². The Morgan fingerprint density at radius 2 is 2.20 bits per heavy atom. The summed E-state index contributed by atoms with van der Waals surface area (Å²) in [5.41, 5.74) is 0.529. The average Bonchev–Trinajstić information content (AvgIpc) is 2.65. The fourth-order valence-corrected chi connectivity index (χ4v) is 1.25. The molecule has 4 heteroatoms. The molecule has 2 rings (SSSR count). The van der Waals surface area contributed by atoms with Gasteiger partial charge in [-0.2, -0.15) is 5.10 Å². The van der Waals surface area contributed by atoms with Gasteiger partial charge in [0, 0.05) is 7.05 Å². The van der Waals surface area contributed by atoms with E-state index in [0.29, 0.717) is 17.1 Å². The monoisotopic (exact) mass is 202 g/mol. The zero-order valence-electron chi connectivity index (χ0n) is 8.25. The number of aldehydes is 1. The van der Waals surface area contributed by atoms with Crippen LogP contribution in [-0.2, 0) is 7.05 Å². The molecule has 0 amide bonds. The molecule has 0 fully saturated rings. The lowest BCUT2D eigenvalue weighted by Gasteiger charge is -2.04. The van der Waals surface area contributed by atoms with Crippen LogP contribution in [0.2, 0.25) is 0 Å². The van der Waals surface area contributed by atoms with Gasteiger partial charge in [-0.25, -0.2) is 0 Å². The molecule has 0 aliphatic heterocycles. The molecule has 0 spiro atoms. The molecular formula is C11H10N2O2. The molecule has 15 heavy (non-hydrogen) atoms. The highest BCUT2D eigenvalue weighted by Crippen LogP contribution is 2.23. The van der Waals surface area contributed by atoms with Crippen molar-refractivity contribution in [2.45, 2.75) is 0 Å². The predicted octanol–water partition coefficient (Wildman–Crippen LogP) is 2.02. The van der Waals surface area contributed by atoms with E-state index in [-0.39, 0.29) is 0 Å². The molecule has 0 radical (unpaired) electrons. The van der Waals surface area contributed by atoms with Gasteiger partial charge in [0.1, 0.15) is 5.75 Å². The Balaban J connectivity index is 2.27. The molecule has 2 aromatic rings. The van der Waals surface area contributed by atoms with E-state index in [2.05, 4.69) is 5.10 Å². The number of nitrogens with zero attached hydrogens (tertiary/aromatic N) is 2. The van der Waals surface area contributed by atoms with Crippen LogP contribution in [0.5, 0.6) is 11.5 Å². The van der Waals surface area contributed by atoms with Gasteiger partial charge in [0.05, 0.1) is 18.0 Å². The molecule has 1 aromatic heterocycles. The number of carbonyl (C=O) groups is 1. The minimum atomic E-state index is 0.529. The Morgan fingerprint density at radius 1 is 1.40 bits per heavy atom. The lowest BCUT2D eigenvalue weighted by Crippen LogP contribution is -1.88.